The average Bonchev–Trinajstić information content (AvgIpc) is 3.42. The minimum absolute atomic E-state index is 0.112. The number of Topliss-reactive ketones (excluding diaryl/α,β-unsaturated/α-hetero) is 2. The number of piperazine rings is 1. The number of carbonyl (C=O) groups is 2. The van der Waals surface area contributed by atoms with Gasteiger partial charge in [-0.15, -0.1) is 0 Å². The fourth-order valence-electron chi connectivity index (χ4n) is 5.32. The largest absolute Gasteiger partial charge is 0.454 e. The summed E-state index contributed by atoms with van der Waals surface area (Å²) in [6.07, 6.45) is 0. The number of ketones is 2. The number of carbonyl (C=O) groups excluding carboxylic acids is 2. The van der Waals surface area contributed by atoms with Crippen molar-refractivity contribution in [3.8, 4) is 11.5 Å². The molecule has 3 aromatic carbocycles. The molecule has 0 radical (unpaired) electrons. The molecule has 0 unspecified atom stereocenters. The zero-order valence-corrected chi connectivity index (χ0v) is 18.2. The van der Waals surface area contributed by atoms with Crippen LogP contribution in [0.1, 0.15) is 31.8 Å². The fourth-order valence-corrected chi connectivity index (χ4v) is 5.32. The van der Waals surface area contributed by atoms with Crippen LogP contribution < -0.4 is 9.47 Å². The Hall–Kier alpha value is -3.48. The van der Waals surface area contributed by atoms with Crippen molar-refractivity contribution in [2.24, 2.45) is 0 Å². The second-order valence-electron chi connectivity index (χ2n) is 8.73. The third-order valence-corrected chi connectivity index (χ3v) is 6.95. The number of fused-ring (bicyclic) bond motifs is 2. The van der Waals surface area contributed by atoms with E-state index in [1.54, 1.807) is 12.1 Å². The minimum Gasteiger partial charge on any atom is -0.454 e. The smallest absolute Gasteiger partial charge is 0.231 e. The lowest BCUT2D eigenvalue weighted by atomic mass is 9.82. The van der Waals surface area contributed by atoms with Crippen molar-refractivity contribution in [3.05, 3.63) is 95.1 Å². The summed E-state index contributed by atoms with van der Waals surface area (Å²) in [6, 6.07) is 22.8. The highest BCUT2D eigenvalue weighted by Crippen LogP contribution is 2.43. The molecule has 3 aromatic rings. The molecule has 0 saturated carbocycles. The van der Waals surface area contributed by atoms with Crippen LogP contribution >= 0.6 is 0 Å². The van der Waals surface area contributed by atoms with Gasteiger partial charge in [-0.1, -0.05) is 60.7 Å². The Balaban J connectivity index is 1.27. The number of rotatable bonds is 4. The first kappa shape index (κ1) is 20.1. The van der Waals surface area contributed by atoms with E-state index in [0.717, 1.165) is 42.3 Å². The first-order valence-corrected chi connectivity index (χ1v) is 11.3. The van der Waals surface area contributed by atoms with Gasteiger partial charge in [-0.05, 0) is 23.3 Å². The number of hydrogen-bond donors (Lipinski definition) is 0. The normalized spacial score (nSPS) is 19.6. The van der Waals surface area contributed by atoms with Gasteiger partial charge in [0.2, 0.25) is 6.79 Å². The Morgan fingerprint density at radius 3 is 2.06 bits per heavy atom. The Morgan fingerprint density at radius 1 is 0.727 bits per heavy atom. The van der Waals surface area contributed by atoms with Gasteiger partial charge in [0.05, 0.1) is 0 Å². The maximum atomic E-state index is 13.8. The SMILES string of the molecule is O=C1c2ccccc2C(=O)C1(c1ccccc1)N1CCN(Cc2ccc3c(c2)OCO3)CC1. The van der Waals surface area contributed by atoms with Crippen molar-refractivity contribution in [2.45, 2.75) is 12.1 Å². The zero-order valence-electron chi connectivity index (χ0n) is 18.2. The molecule has 1 saturated heterocycles. The third-order valence-electron chi connectivity index (χ3n) is 6.95. The van der Waals surface area contributed by atoms with Gasteiger partial charge in [0, 0.05) is 43.9 Å². The van der Waals surface area contributed by atoms with E-state index in [1.807, 2.05) is 54.6 Å². The molecule has 6 nitrogen and oxygen atoms in total. The van der Waals surface area contributed by atoms with E-state index in [0.29, 0.717) is 24.2 Å². The molecule has 0 aromatic heterocycles. The molecule has 6 heteroatoms. The second kappa shape index (κ2) is 7.83. The molecule has 1 fully saturated rings. The van der Waals surface area contributed by atoms with Crippen LogP contribution in [0.25, 0.3) is 0 Å². The lowest BCUT2D eigenvalue weighted by Gasteiger charge is -2.44. The van der Waals surface area contributed by atoms with Gasteiger partial charge < -0.3 is 9.47 Å². The van der Waals surface area contributed by atoms with Crippen LogP contribution in [0.15, 0.2) is 72.8 Å². The predicted molar refractivity (Wildman–Crippen MR) is 123 cm³/mol. The maximum absolute atomic E-state index is 13.8. The molecule has 0 atom stereocenters. The van der Waals surface area contributed by atoms with Crippen LogP contribution in [0.4, 0.5) is 0 Å². The van der Waals surface area contributed by atoms with Crippen molar-refractivity contribution in [1.29, 1.82) is 0 Å². The number of nitrogens with zero attached hydrogens (tertiary/aromatic N) is 2. The molecule has 1 aliphatic carbocycles. The highest BCUT2D eigenvalue weighted by atomic mass is 16.7. The predicted octanol–water partition coefficient (Wildman–Crippen LogP) is 3.51. The topological polar surface area (TPSA) is 59.1 Å². The van der Waals surface area contributed by atoms with Crippen LogP contribution in [0.2, 0.25) is 0 Å². The van der Waals surface area contributed by atoms with Crippen molar-refractivity contribution >= 4 is 11.6 Å². The van der Waals surface area contributed by atoms with Crippen LogP contribution in [0.3, 0.4) is 0 Å². The summed E-state index contributed by atoms with van der Waals surface area (Å²) >= 11 is 0. The van der Waals surface area contributed by atoms with Gasteiger partial charge in [0.25, 0.3) is 0 Å². The average molecular weight is 440 g/mol. The van der Waals surface area contributed by atoms with Gasteiger partial charge >= 0.3 is 0 Å². The quantitative estimate of drug-likeness (QED) is 0.579. The van der Waals surface area contributed by atoms with Crippen LogP contribution in [-0.4, -0.2) is 54.3 Å². The first-order chi connectivity index (χ1) is 16.2. The third kappa shape index (κ3) is 3.09. The van der Waals surface area contributed by atoms with Gasteiger partial charge in [-0.2, -0.15) is 0 Å². The molecule has 0 amide bonds. The van der Waals surface area contributed by atoms with Gasteiger partial charge in [-0.25, -0.2) is 0 Å². The van der Waals surface area contributed by atoms with E-state index in [1.165, 1.54) is 0 Å². The van der Waals surface area contributed by atoms with Gasteiger partial charge in [0.1, 0.15) is 0 Å². The summed E-state index contributed by atoms with van der Waals surface area (Å²) in [5, 5.41) is 0. The fraction of sp³-hybridized carbons (Fsp3) is 0.259. The lowest BCUT2D eigenvalue weighted by Crippen LogP contribution is -2.60. The summed E-state index contributed by atoms with van der Waals surface area (Å²) in [5.41, 5.74) is 1.67. The van der Waals surface area contributed by atoms with Crippen molar-refractivity contribution in [1.82, 2.24) is 9.80 Å². The second-order valence-corrected chi connectivity index (χ2v) is 8.73. The highest BCUT2D eigenvalue weighted by molar-refractivity contribution is 6.32. The molecule has 0 bridgehead atoms. The van der Waals surface area contributed by atoms with E-state index < -0.39 is 5.54 Å². The number of benzene rings is 3. The molecule has 166 valence electrons. The summed E-state index contributed by atoms with van der Waals surface area (Å²) in [7, 11) is 0. The van der Waals surface area contributed by atoms with E-state index in [-0.39, 0.29) is 18.4 Å². The van der Waals surface area contributed by atoms with Gasteiger partial charge in [-0.3, -0.25) is 19.4 Å². The zero-order chi connectivity index (χ0) is 22.4. The van der Waals surface area contributed by atoms with E-state index >= 15 is 0 Å². The van der Waals surface area contributed by atoms with Gasteiger partial charge in [0.15, 0.2) is 28.6 Å². The monoisotopic (exact) mass is 440 g/mol. The highest BCUT2D eigenvalue weighted by Gasteiger charge is 2.58. The number of hydrogen-bond acceptors (Lipinski definition) is 6. The van der Waals surface area contributed by atoms with E-state index in [9.17, 15) is 9.59 Å². The summed E-state index contributed by atoms with van der Waals surface area (Å²) in [5.74, 6) is 1.34. The Morgan fingerprint density at radius 2 is 1.36 bits per heavy atom. The Kier molecular flexibility index (Phi) is 4.78. The van der Waals surface area contributed by atoms with Crippen LogP contribution in [0, 0.1) is 0 Å². The first-order valence-electron chi connectivity index (χ1n) is 11.3. The van der Waals surface area contributed by atoms with Crippen molar-refractivity contribution < 1.29 is 19.1 Å². The van der Waals surface area contributed by atoms with E-state index in [2.05, 4.69) is 15.9 Å². The molecule has 2 aliphatic heterocycles. The molecular formula is C27H24N2O4. The summed E-state index contributed by atoms with van der Waals surface area (Å²) in [4.78, 5) is 32.1. The summed E-state index contributed by atoms with van der Waals surface area (Å²) in [6.45, 7) is 3.84. The molecule has 33 heavy (non-hydrogen) atoms. The Bertz CT molecular complexity index is 1200. The van der Waals surface area contributed by atoms with Crippen molar-refractivity contribution in [3.63, 3.8) is 0 Å². The molecular weight excluding hydrogens is 416 g/mol. The maximum Gasteiger partial charge on any atom is 0.231 e. The van der Waals surface area contributed by atoms with E-state index in [4.69, 9.17) is 9.47 Å². The lowest BCUT2D eigenvalue weighted by molar-refractivity contribution is 0.0279. The molecule has 6 rings (SSSR count). The standard InChI is InChI=1S/C27H24N2O4/c30-25-21-8-4-5-9-22(21)26(31)27(25,20-6-2-1-3-7-20)29-14-12-28(13-15-29)17-19-10-11-23-24(16-19)33-18-32-23/h1-11,16H,12-15,17-18H2. The molecule has 2 heterocycles. The minimum atomic E-state index is -1.28. The van der Waals surface area contributed by atoms with Crippen molar-refractivity contribution in [2.75, 3.05) is 33.0 Å². The molecule has 0 N–H and O–H groups in total. The van der Waals surface area contributed by atoms with Crippen LogP contribution in [-0.2, 0) is 12.1 Å². The summed E-state index contributed by atoms with van der Waals surface area (Å²) < 4.78 is 10.9. The number of ether oxygens (including phenoxy) is 2. The Labute approximate surface area is 192 Å². The van der Waals surface area contributed by atoms with Crippen LogP contribution in [0.5, 0.6) is 11.5 Å². The molecule has 0 spiro atoms. The molecule has 3 aliphatic rings.